The molecule has 7 rings (SSSR count). The van der Waals surface area contributed by atoms with E-state index in [-0.39, 0.29) is 12.1 Å². The fraction of sp³-hybridized carbons (Fsp3) is 0.370. The molecule has 0 radical (unpaired) electrons. The van der Waals surface area contributed by atoms with Gasteiger partial charge in [-0.2, -0.15) is 0 Å². The van der Waals surface area contributed by atoms with Gasteiger partial charge in [0, 0.05) is 0 Å². The molecule has 3 aromatic carbocycles. The summed E-state index contributed by atoms with van der Waals surface area (Å²) < 4.78 is 6.20. The third kappa shape index (κ3) is 2.20. The van der Waals surface area contributed by atoms with E-state index in [1.807, 2.05) is 18.2 Å². The summed E-state index contributed by atoms with van der Waals surface area (Å²) in [5, 5.41) is 4.47. The molecule has 3 fully saturated rings. The van der Waals surface area contributed by atoms with Gasteiger partial charge in [-0.3, -0.25) is 0 Å². The molecule has 0 aliphatic heterocycles. The molecule has 0 amide bonds. The van der Waals surface area contributed by atoms with Crippen molar-refractivity contribution in [3.05, 3.63) is 72.3 Å². The third-order valence-corrected chi connectivity index (χ3v) is 8.43. The quantitative estimate of drug-likeness (QED) is 0.236. The molecule has 2 nitrogen and oxygen atoms in total. The predicted octanol–water partition coefficient (Wildman–Crippen LogP) is 6.00. The molecule has 29 heavy (non-hydrogen) atoms. The largest absolute Gasteiger partial charge is 0.458 e. The van der Waals surface area contributed by atoms with Crippen molar-refractivity contribution < 1.29 is 9.53 Å². The molecule has 7 unspecified atom stereocenters. The summed E-state index contributed by atoms with van der Waals surface area (Å²) in [4.78, 5) is 13.2. The standard InChI is InChI=1S/C27H24O2/c28-27(21-7-3-6-17-10-15-4-1-2-5-16(15)12-22(17)21)29-24-14-20-13-23(24)26-19-9-8-18(11-19)25(20)26/h1-10,12,18-20,23-26H,11,13-14H2. The summed E-state index contributed by atoms with van der Waals surface area (Å²) in [6.07, 6.45) is 8.70. The smallest absolute Gasteiger partial charge is 0.339 e. The van der Waals surface area contributed by atoms with Gasteiger partial charge in [-0.05, 0) is 94.5 Å². The maximum atomic E-state index is 13.2. The van der Waals surface area contributed by atoms with Crippen LogP contribution in [0.5, 0.6) is 0 Å². The molecule has 2 heteroatoms. The Morgan fingerprint density at radius 2 is 1.55 bits per heavy atom. The van der Waals surface area contributed by atoms with E-state index in [2.05, 4.69) is 48.6 Å². The number of carbonyl (C=O) groups is 1. The number of allylic oxidation sites excluding steroid dienone is 2. The highest BCUT2D eigenvalue weighted by Crippen LogP contribution is 2.65. The van der Waals surface area contributed by atoms with Crippen LogP contribution in [-0.4, -0.2) is 12.1 Å². The molecule has 4 bridgehead atoms. The summed E-state index contributed by atoms with van der Waals surface area (Å²) in [7, 11) is 0. The molecule has 4 aliphatic rings. The van der Waals surface area contributed by atoms with Gasteiger partial charge in [0.05, 0.1) is 5.56 Å². The highest BCUT2D eigenvalue weighted by Gasteiger charge is 2.61. The summed E-state index contributed by atoms with van der Waals surface area (Å²) in [5.41, 5.74) is 0.709. The highest BCUT2D eigenvalue weighted by atomic mass is 16.5. The fourth-order valence-electron chi connectivity index (χ4n) is 7.44. The van der Waals surface area contributed by atoms with Crippen LogP contribution in [0.2, 0.25) is 0 Å². The predicted molar refractivity (Wildman–Crippen MR) is 115 cm³/mol. The molecular weight excluding hydrogens is 356 g/mol. The van der Waals surface area contributed by atoms with Crippen molar-refractivity contribution in [1.82, 2.24) is 0 Å². The van der Waals surface area contributed by atoms with E-state index >= 15 is 0 Å². The Labute approximate surface area is 170 Å². The molecule has 0 N–H and O–H groups in total. The maximum Gasteiger partial charge on any atom is 0.339 e. The highest BCUT2D eigenvalue weighted by molar-refractivity contribution is 6.09. The number of fused-ring (bicyclic) bond motifs is 11. The molecule has 0 spiro atoms. The zero-order valence-corrected chi connectivity index (χ0v) is 16.3. The van der Waals surface area contributed by atoms with Crippen molar-refractivity contribution in [2.24, 2.45) is 35.5 Å². The Kier molecular flexibility index (Phi) is 3.20. The molecular formula is C27H24O2. The summed E-state index contributed by atoms with van der Waals surface area (Å²) in [5.74, 6) is 4.38. The maximum absolute atomic E-state index is 13.2. The Morgan fingerprint density at radius 3 is 2.41 bits per heavy atom. The van der Waals surface area contributed by atoms with E-state index in [4.69, 9.17) is 4.74 Å². The van der Waals surface area contributed by atoms with Gasteiger partial charge in [-0.25, -0.2) is 4.79 Å². The van der Waals surface area contributed by atoms with E-state index in [1.165, 1.54) is 18.2 Å². The topological polar surface area (TPSA) is 26.3 Å². The monoisotopic (exact) mass is 380 g/mol. The number of esters is 1. The van der Waals surface area contributed by atoms with Crippen molar-refractivity contribution in [2.75, 3.05) is 0 Å². The second-order valence-electron chi connectivity index (χ2n) is 9.67. The summed E-state index contributed by atoms with van der Waals surface area (Å²) in [6, 6.07) is 18.6. The first-order valence-electron chi connectivity index (χ1n) is 11.1. The second kappa shape index (κ2) is 5.72. The van der Waals surface area contributed by atoms with Crippen molar-refractivity contribution in [3.8, 4) is 0 Å². The van der Waals surface area contributed by atoms with E-state index in [9.17, 15) is 4.79 Å². The van der Waals surface area contributed by atoms with Crippen LogP contribution in [0.4, 0.5) is 0 Å². The molecule has 3 aromatic rings. The lowest BCUT2D eigenvalue weighted by Crippen LogP contribution is -2.36. The van der Waals surface area contributed by atoms with Crippen LogP contribution < -0.4 is 0 Å². The van der Waals surface area contributed by atoms with Crippen molar-refractivity contribution in [2.45, 2.75) is 25.4 Å². The third-order valence-electron chi connectivity index (χ3n) is 8.43. The number of ether oxygens (including phenoxy) is 1. The van der Waals surface area contributed by atoms with E-state index in [0.29, 0.717) is 11.5 Å². The van der Waals surface area contributed by atoms with E-state index in [1.54, 1.807) is 0 Å². The van der Waals surface area contributed by atoms with Crippen LogP contribution >= 0.6 is 0 Å². The number of hydrogen-bond acceptors (Lipinski definition) is 2. The van der Waals surface area contributed by atoms with E-state index in [0.717, 1.165) is 52.2 Å². The van der Waals surface area contributed by atoms with Crippen LogP contribution in [-0.2, 0) is 4.74 Å². The van der Waals surface area contributed by atoms with Gasteiger partial charge in [0.15, 0.2) is 0 Å². The van der Waals surface area contributed by atoms with Crippen molar-refractivity contribution in [3.63, 3.8) is 0 Å². The minimum absolute atomic E-state index is 0.109. The van der Waals surface area contributed by atoms with Crippen LogP contribution in [0.1, 0.15) is 29.6 Å². The van der Waals surface area contributed by atoms with Gasteiger partial charge in [0.1, 0.15) is 6.10 Å². The Bertz CT molecular complexity index is 1190. The van der Waals surface area contributed by atoms with Gasteiger partial charge in [-0.15, -0.1) is 0 Å². The Morgan fingerprint density at radius 1 is 0.793 bits per heavy atom. The Hall–Kier alpha value is -2.61. The first-order chi connectivity index (χ1) is 14.3. The molecule has 0 aromatic heterocycles. The van der Waals surface area contributed by atoms with Gasteiger partial charge < -0.3 is 4.74 Å². The van der Waals surface area contributed by atoms with Gasteiger partial charge in [0.25, 0.3) is 0 Å². The molecule has 3 saturated carbocycles. The fourth-order valence-corrected chi connectivity index (χ4v) is 7.44. The summed E-state index contributed by atoms with van der Waals surface area (Å²) >= 11 is 0. The number of rotatable bonds is 2. The van der Waals surface area contributed by atoms with Crippen molar-refractivity contribution >= 4 is 27.5 Å². The minimum atomic E-state index is -0.140. The number of carbonyl (C=O) groups excluding carboxylic acids is 1. The number of benzene rings is 3. The van der Waals surface area contributed by atoms with Gasteiger partial charge in [0.2, 0.25) is 0 Å². The summed E-state index contributed by atoms with van der Waals surface area (Å²) in [6.45, 7) is 0. The lowest BCUT2D eigenvalue weighted by Gasteiger charge is -2.36. The lowest BCUT2D eigenvalue weighted by atomic mass is 9.72. The zero-order chi connectivity index (χ0) is 19.1. The second-order valence-corrected chi connectivity index (χ2v) is 9.67. The minimum Gasteiger partial charge on any atom is -0.458 e. The van der Waals surface area contributed by atoms with Crippen LogP contribution in [0, 0.1) is 35.5 Å². The Balaban J connectivity index is 1.21. The van der Waals surface area contributed by atoms with Crippen LogP contribution in [0.15, 0.2) is 66.7 Å². The average molecular weight is 380 g/mol. The average Bonchev–Trinajstić information content (AvgIpc) is 3.51. The van der Waals surface area contributed by atoms with Crippen LogP contribution in [0.25, 0.3) is 21.5 Å². The molecule has 144 valence electrons. The van der Waals surface area contributed by atoms with Crippen LogP contribution in [0.3, 0.4) is 0 Å². The van der Waals surface area contributed by atoms with E-state index < -0.39 is 0 Å². The van der Waals surface area contributed by atoms with Gasteiger partial charge in [-0.1, -0.05) is 48.6 Å². The van der Waals surface area contributed by atoms with Crippen molar-refractivity contribution in [1.29, 1.82) is 0 Å². The lowest BCUT2D eigenvalue weighted by molar-refractivity contribution is -0.00392. The molecule has 4 aliphatic carbocycles. The number of hydrogen-bond donors (Lipinski definition) is 0. The first kappa shape index (κ1) is 16.2. The van der Waals surface area contributed by atoms with Gasteiger partial charge >= 0.3 is 5.97 Å². The zero-order valence-electron chi connectivity index (χ0n) is 16.3. The normalized spacial score (nSPS) is 36.2. The SMILES string of the molecule is O=C(OC1CC2CC1C1C3C=CC(C3)C21)c1cccc2cc3ccccc3cc12. The molecule has 0 saturated heterocycles. The molecule has 0 heterocycles. The molecule has 7 atom stereocenters. The first-order valence-corrected chi connectivity index (χ1v) is 11.1.